The Morgan fingerprint density at radius 3 is 2.23 bits per heavy atom. The molecule has 0 atom stereocenters. The van der Waals surface area contributed by atoms with E-state index in [9.17, 15) is 0 Å². The van der Waals surface area contributed by atoms with Crippen molar-refractivity contribution in [1.29, 1.82) is 0 Å². The minimum atomic E-state index is 1.07. The summed E-state index contributed by atoms with van der Waals surface area (Å²) in [6, 6.07) is 19.7. The van der Waals surface area contributed by atoms with Crippen LogP contribution in [0.15, 0.2) is 54.6 Å². The molecular weight excluding hydrogens is 268 g/mol. The standard InChI is InChI=1S/C20H26N2/c1-2-8-19-11-6-7-12-20(19)22-15-13-21(14-16-22)17-18-9-4-3-5-10-18/h3-7,9-12H,2,8,13-17H2,1H3. The number of hydrogen-bond donors (Lipinski definition) is 0. The van der Waals surface area contributed by atoms with Crippen LogP contribution in [0.2, 0.25) is 0 Å². The highest BCUT2D eigenvalue weighted by molar-refractivity contribution is 5.54. The average Bonchev–Trinajstić information content (AvgIpc) is 2.58. The first-order valence-corrected chi connectivity index (χ1v) is 8.46. The van der Waals surface area contributed by atoms with E-state index in [0.29, 0.717) is 0 Å². The lowest BCUT2D eigenvalue weighted by molar-refractivity contribution is 0.250. The molecule has 0 amide bonds. The summed E-state index contributed by atoms with van der Waals surface area (Å²) in [5.74, 6) is 0. The molecule has 0 unspecified atom stereocenters. The highest BCUT2D eigenvalue weighted by atomic mass is 15.3. The van der Waals surface area contributed by atoms with Crippen molar-refractivity contribution in [2.75, 3.05) is 31.1 Å². The maximum Gasteiger partial charge on any atom is 0.0399 e. The molecule has 0 radical (unpaired) electrons. The fraction of sp³-hybridized carbons (Fsp3) is 0.400. The maximum absolute atomic E-state index is 2.56. The number of piperazine rings is 1. The number of para-hydroxylation sites is 1. The Morgan fingerprint density at radius 2 is 1.50 bits per heavy atom. The molecule has 1 saturated heterocycles. The molecule has 1 heterocycles. The molecule has 0 saturated carbocycles. The minimum Gasteiger partial charge on any atom is -0.369 e. The molecule has 22 heavy (non-hydrogen) atoms. The van der Waals surface area contributed by atoms with Crippen LogP contribution in [-0.2, 0) is 13.0 Å². The summed E-state index contributed by atoms with van der Waals surface area (Å²) in [6.07, 6.45) is 2.39. The SMILES string of the molecule is CCCc1ccccc1N1CCN(Cc2ccccc2)CC1. The average molecular weight is 294 g/mol. The molecule has 2 nitrogen and oxygen atoms in total. The maximum atomic E-state index is 2.56. The summed E-state index contributed by atoms with van der Waals surface area (Å²) in [6.45, 7) is 7.89. The van der Waals surface area contributed by atoms with Gasteiger partial charge in [-0.2, -0.15) is 0 Å². The quantitative estimate of drug-likeness (QED) is 0.823. The molecule has 0 N–H and O–H groups in total. The second-order valence-corrected chi connectivity index (χ2v) is 6.13. The fourth-order valence-corrected chi connectivity index (χ4v) is 3.29. The van der Waals surface area contributed by atoms with Crippen molar-refractivity contribution in [2.45, 2.75) is 26.3 Å². The van der Waals surface area contributed by atoms with Gasteiger partial charge < -0.3 is 4.90 Å². The van der Waals surface area contributed by atoms with Crippen LogP contribution < -0.4 is 4.90 Å². The molecule has 2 aromatic carbocycles. The first-order valence-electron chi connectivity index (χ1n) is 8.46. The second-order valence-electron chi connectivity index (χ2n) is 6.13. The van der Waals surface area contributed by atoms with Crippen molar-refractivity contribution in [1.82, 2.24) is 4.90 Å². The minimum absolute atomic E-state index is 1.07. The molecule has 0 aromatic heterocycles. The van der Waals surface area contributed by atoms with Gasteiger partial charge in [-0.05, 0) is 23.6 Å². The van der Waals surface area contributed by atoms with Gasteiger partial charge in [0.15, 0.2) is 0 Å². The summed E-state index contributed by atoms with van der Waals surface area (Å²) < 4.78 is 0. The second kappa shape index (κ2) is 7.46. The monoisotopic (exact) mass is 294 g/mol. The van der Waals surface area contributed by atoms with Gasteiger partial charge in [0.25, 0.3) is 0 Å². The van der Waals surface area contributed by atoms with Gasteiger partial charge in [-0.25, -0.2) is 0 Å². The van der Waals surface area contributed by atoms with Crippen molar-refractivity contribution < 1.29 is 0 Å². The van der Waals surface area contributed by atoms with Gasteiger partial charge in [0.05, 0.1) is 0 Å². The number of hydrogen-bond acceptors (Lipinski definition) is 2. The molecule has 1 aliphatic heterocycles. The van der Waals surface area contributed by atoms with Crippen molar-refractivity contribution in [2.24, 2.45) is 0 Å². The van der Waals surface area contributed by atoms with Crippen LogP contribution in [0.5, 0.6) is 0 Å². The van der Waals surface area contributed by atoms with Crippen LogP contribution in [-0.4, -0.2) is 31.1 Å². The molecule has 3 rings (SSSR count). The molecule has 1 fully saturated rings. The molecule has 0 bridgehead atoms. The molecule has 116 valence electrons. The lowest BCUT2D eigenvalue weighted by Crippen LogP contribution is -2.46. The highest BCUT2D eigenvalue weighted by Crippen LogP contribution is 2.23. The number of rotatable bonds is 5. The van der Waals surface area contributed by atoms with E-state index in [2.05, 4.69) is 71.3 Å². The van der Waals surface area contributed by atoms with E-state index in [-0.39, 0.29) is 0 Å². The van der Waals surface area contributed by atoms with E-state index < -0.39 is 0 Å². The van der Waals surface area contributed by atoms with Gasteiger partial charge in [0, 0.05) is 38.4 Å². The normalized spacial score (nSPS) is 16.0. The molecular formula is C20H26N2. The van der Waals surface area contributed by atoms with Crippen molar-refractivity contribution in [3.8, 4) is 0 Å². The first-order chi connectivity index (χ1) is 10.9. The van der Waals surface area contributed by atoms with E-state index in [1.165, 1.54) is 29.7 Å². The van der Waals surface area contributed by atoms with Crippen LogP contribution in [0.1, 0.15) is 24.5 Å². The van der Waals surface area contributed by atoms with E-state index in [1.54, 1.807) is 0 Å². The summed E-state index contributed by atoms with van der Waals surface area (Å²) >= 11 is 0. The Kier molecular flexibility index (Phi) is 5.12. The van der Waals surface area contributed by atoms with Gasteiger partial charge in [0.2, 0.25) is 0 Å². The third-order valence-electron chi connectivity index (χ3n) is 4.47. The van der Waals surface area contributed by atoms with E-state index in [1.807, 2.05) is 0 Å². The third-order valence-corrected chi connectivity index (χ3v) is 4.47. The largest absolute Gasteiger partial charge is 0.369 e. The summed E-state index contributed by atoms with van der Waals surface area (Å²) in [7, 11) is 0. The zero-order valence-electron chi connectivity index (χ0n) is 13.5. The van der Waals surface area contributed by atoms with Crippen LogP contribution in [0.4, 0.5) is 5.69 Å². The fourth-order valence-electron chi connectivity index (χ4n) is 3.29. The number of nitrogens with zero attached hydrogens (tertiary/aromatic N) is 2. The van der Waals surface area contributed by atoms with Crippen LogP contribution in [0.25, 0.3) is 0 Å². The summed E-state index contributed by atoms with van der Waals surface area (Å²) in [4.78, 5) is 5.13. The number of aryl methyl sites for hydroxylation is 1. The molecule has 1 aliphatic rings. The smallest absolute Gasteiger partial charge is 0.0399 e. The molecule has 0 spiro atoms. The summed E-state index contributed by atoms with van der Waals surface area (Å²) in [5.41, 5.74) is 4.37. The Hall–Kier alpha value is -1.80. The van der Waals surface area contributed by atoms with Gasteiger partial charge in [0.1, 0.15) is 0 Å². The first kappa shape index (κ1) is 15.1. The topological polar surface area (TPSA) is 6.48 Å². The number of benzene rings is 2. The van der Waals surface area contributed by atoms with Gasteiger partial charge in [-0.1, -0.05) is 61.9 Å². The van der Waals surface area contributed by atoms with Gasteiger partial charge >= 0.3 is 0 Å². The Balaban J connectivity index is 1.60. The zero-order chi connectivity index (χ0) is 15.2. The van der Waals surface area contributed by atoms with E-state index in [4.69, 9.17) is 0 Å². The third kappa shape index (κ3) is 3.69. The zero-order valence-corrected chi connectivity index (χ0v) is 13.5. The Morgan fingerprint density at radius 1 is 0.818 bits per heavy atom. The highest BCUT2D eigenvalue weighted by Gasteiger charge is 2.18. The van der Waals surface area contributed by atoms with Gasteiger partial charge in [-0.3, -0.25) is 4.90 Å². The van der Waals surface area contributed by atoms with Crippen molar-refractivity contribution >= 4 is 5.69 Å². The molecule has 2 heteroatoms. The van der Waals surface area contributed by atoms with Crippen LogP contribution >= 0.6 is 0 Å². The Bertz CT molecular complexity index is 571. The van der Waals surface area contributed by atoms with Crippen molar-refractivity contribution in [3.63, 3.8) is 0 Å². The molecule has 0 aliphatic carbocycles. The lowest BCUT2D eigenvalue weighted by atomic mass is 10.1. The molecule has 2 aromatic rings. The summed E-state index contributed by atoms with van der Waals surface area (Å²) in [5, 5.41) is 0. The van der Waals surface area contributed by atoms with E-state index in [0.717, 1.165) is 32.7 Å². The Labute approximate surface area is 134 Å². The van der Waals surface area contributed by atoms with Crippen LogP contribution in [0, 0.1) is 0 Å². The van der Waals surface area contributed by atoms with Gasteiger partial charge in [-0.15, -0.1) is 0 Å². The van der Waals surface area contributed by atoms with Crippen molar-refractivity contribution in [3.05, 3.63) is 65.7 Å². The van der Waals surface area contributed by atoms with E-state index >= 15 is 0 Å². The van der Waals surface area contributed by atoms with Crippen LogP contribution in [0.3, 0.4) is 0 Å². The number of anilines is 1. The predicted octanol–water partition coefficient (Wildman–Crippen LogP) is 3.96. The lowest BCUT2D eigenvalue weighted by Gasteiger charge is -2.37. The predicted molar refractivity (Wildman–Crippen MR) is 94.4 cm³/mol.